The van der Waals surface area contributed by atoms with E-state index in [9.17, 15) is 9.18 Å². The van der Waals surface area contributed by atoms with Gasteiger partial charge < -0.3 is 9.84 Å². The highest BCUT2D eigenvalue weighted by Crippen LogP contribution is 2.25. The summed E-state index contributed by atoms with van der Waals surface area (Å²) < 4.78 is 18.3. The van der Waals surface area contributed by atoms with Gasteiger partial charge in [0.25, 0.3) is 5.91 Å². The SMILES string of the molecule is Cc1onc(-c2ccc(F)cc2)c1C(=O)NCCC(C)c1ccccc1. The van der Waals surface area contributed by atoms with Crippen LogP contribution in [0.5, 0.6) is 0 Å². The van der Waals surface area contributed by atoms with E-state index in [1.54, 1.807) is 19.1 Å². The molecule has 1 heterocycles. The van der Waals surface area contributed by atoms with Crippen molar-refractivity contribution in [2.75, 3.05) is 6.54 Å². The highest BCUT2D eigenvalue weighted by molar-refractivity contribution is 6.00. The van der Waals surface area contributed by atoms with Crippen molar-refractivity contribution < 1.29 is 13.7 Å². The first-order valence-electron chi connectivity index (χ1n) is 8.61. The summed E-state index contributed by atoms with van der Waals surface area (Å²) in [5.74, 6) is 0.216. The summed E-state index contributed by atoms with van der Waals surface area (Å²) in [5, 5.41) is 6.90. The normalized spacial score (nSPS) is 12.0. The number of rotatable bonds is 6. The second-order valence-electron chi connectivity index (χ2n) is 6.33. The Morgan fingerprint density at radius 3 is 2.54 bits per heavy atom. The number of hydrogen-bond acceptors (Lipinski definition) is 3. The van der Waals surface area contributed by atoms with Crippen LogP contribution in [0.2, 0.25) is 0 Å². The third-order valence-corrected chi connectivity index (χ3v) is 4.44. The van der Waals surface area contributed by atoms with Crippen LogP contribution >= 0.6 is 0 Å². The van der Waals surface area contributed by atoms with E-state index in [4.69, 9.17) is 4.52 Å². The van der Waals surface area contributed by atoms with Gasteiger partial charge in [-0.25, -0.2) is 4.39 Å². The van der Waals surface area contributed by atoms with Gasteiger partial charge in [-0.1, -0.05) is 42.4 Å². The maximum atomic E-state index is 13.1. The zero-order chi connectivity index (χ0) is 18.5. The van der Waals surface area contributed by atoms with E-state index in [1.165, 1.54) is 17.7 Å². The van der Waals surface area contributed by atoms with E-state index in [1.807, 2.05) is 18.2 Å². The summed E-state index contributed by atoms with van der Waals surface area (Å²) in [6, 6.07) is 16.0. The number of aromatic nitrogens is 1. The summed E-state index contributed by atoms with van der Waals surface area (Å²) >= 11 is 0. The molecule has 4 nitrogen and oxygen atoms in total. The molecule has 0 aliphatic carbocycles. The monoisotopic (exact) mass is 352 g/mol. The molecule has 1 unspecified atom stereocenters. The molecule has 26 heavy (non-hydrogen) atoms. The minimum atomic E-state index is -0.338. The fourth-order valence-electron chi connectivity index (χ4n) is 2.88. The Bertz CT molecular complexity index is 873. The van der Waals surface area contributed by atoms with Crippen molar-refractivity contribution in [3.63, 3.8) is 0 Å². The lowest BCUT2D eigenvalue weighted by atomic mass is 9.98. The zero-order valence-electron chi connectivity index (χ0n) is 14.8. The van der Waals surface area contributed by atoms with Crippen molar-refractivity contribution in [1.29, 1.82) is 0 Å². The molecule has 2 aromatic carbocycles. The minimum Gasteiger partial charge on any atom is -0.360 e. The molecule has 3 aromatic rings. The topological polar surface area (TPSA) is 55.1 Å². The lowest BCUT2D eigenvalue weighted by Crippen LogP contribution is -2.26. The van der Waals surface area contributed by atoms with Crippen LogP contribution in [-0.2, 0) is 0 Å². The second-order valence-corrected chi connectivity index (χ2v) is 6.33. The number of nitrogens with one attached hydrogen (secondary N) is 1. The molecule has 1 aromatic heterocycles. The Balaban J connectivity index is 1.67. The molecule has 3 rings (SSSR count). The number of aryl methyl sites for hydroxylation is 1. The van der Waals surface area contributed by atoms with Gasteiger partial charge in [-0.3, -0.25) is 4.79 Å². The quantitative estimate of drug-likeness (QED) is 0.699. The van der Waals surface area contributed by atoms with Crippen LogP contribution in [0.15, 0.2) is 59.1 Å². The third kappa shape index (κ3) is 3.99. The van der Waals surface area contributed by atoms with Crippen molar-refractivity contribution in [2.24, 2.45) is 0 Å². The van der Waals surface area contributed by atoms with Crippen LogP contribution < -0.4 is 5.32 Å². The predicted octanol–water partition coefficient (Wildman–Crippen LogP) is 4.71. The van der Waals surface area contributed by atoms with Gasteiger partial charge in [-0.15, -0.1) is 0 Å². The second kappa shape index (κ2) is 7.95. The largest absolute Gasteiger partial charge is 0.360 e. The maximum Gasteiger partial charge on any atom is 0.257 e. The first-order valence-corrected chi connectivity index (χ1v) is 8.61. The van der Waals surface area contributed by atoms with E-state index in [0.29, 0.717) is 35.0 Å². The predicted molar refractivity (Wildman–Crippen MR) is 98.4 cm³/mol. The van der Waals surface area contributed by atoms with Crippen LogP contribution in [0.1, 0.15) is 40.9 Å². The van der Waals surface area contributed by atoms with Crippen LogP contribution in [0.4, 0.5) is 4.39 Å². The number of amides is 1. The third-order valence-electron chi connectivity index (χ3n) is 4.44. The number of carbonyl (C=O) groups excluding carboxylic acids is 1. The molecular formula is C21H21FN2O2. The number of nitrogens with zero attached hydrogens (tertiary/aromatic N) is 1. The Morgan fingerprint density at radius 2 is 1.85 bits per heavy atom. The highest BCUT2D eigenvalue weighted by atomic mass is 19.1. The Morgan fingerprint density at radius 1 is 1.15 bits per heavy atom. The summed E-state index contributed by atoms with van der Waals surface area (Å²) in [5.41, 5.74) is 2.71. The fourth-order valence-corrected chi connectivity index (χ4v) is 2.88. The average Bonchev–Trinajstić information content (AvgIpc) is 3.04. The first-order chi connectivity index (χ1) is 12.6. The van der Waals surface area contributed by atoms with E-state index in [0.717, 1.165) is 6.42 Å². The van der Waals surface area contributed by atoms with E-state index in [-0.39, 0.29) is 11.7 Å². The van der Waals surface area contributed by atoms with Crippen molar-refractivity contribution in [3.05, 3.63) is 77.3 Å². The van der Waals surface area contributed by atoms with Crippen molar-refractivity contribution >= 4 is 5.91 Å². The first kappa shape index (κ1) is 17.9. The molecule has 5 heteroatoms. The van der Waals surface area contributed by atoms with Gasteiger partial charge in [-0.05, 0) is 49.1 Å². The molecule has 1 amide bonds. The summed E-state index contributed by atoms with van der Waals surface area (Å²) in [6.07, 6.45) is 0.825. The van der Waals surface area contributed by atoms with Gasteiger partial charge >= 0.3 is 0 Å². The van der Waals surface area contributed by atoms with Gasteiger partial charge in [-0.2, -0.15) is 0 Å². The lowest BCUT2D eigenvalue weighted by molar-refractivity contribution is 0.0951. The zero-order valence-corrected chi connectivity index (χ0v) is 14.8. The number of hydrogen-bond donors (Lipinski definition) is 1. The van der Waals surface area contributed by atoms with Gasteiger partial charge in [0.05, 0.1) is 0 Å². The Labute approximate surface area is 152 Å². The molecule has 0 spiro atoms. The van der Waals surface area contributed by atoms with Crippen LogP contribution in [0, 0.1) is 12.7 Å². The van der Waals surface area contributed by atoms with Crippen LogP contribution in [0.25, 0.3) is 11.3 Å². The Kier molecular flexibility index (Phi) is 5.46. The molecule has 0 bridgehead atoms. The Hall–Kier alpha value is -2.95. The van der Waals surface area contributed by atoms with Crippen molar-refractivity contribution in [1.82, 2.24) is 10.5 Å². The molecule has 134 valence electrons. The van der Waals surface area contributed by atoms with Gasteiger partial charge in [0, 0.05) is 12.1 Å². The molecule has 0 saturated heterocycles. The molecule has 0 saturated carbocycles. The standard InChI is InChI=1S/C21H21FN2O2/c1-14(16-6-4-3-5-7-16)12-13-23-21(25)19-15(2)26-24-20(19)17-8-10-18(22)11-9-17/h3-11,14H,12-13H2,1-2H3,(H,23,25). The fraction of sp³-hybridized carbons (Fsp3) is 0.238. The number of carbonyl (C=O) groups is 1. The van der Waals surface area contributed by atoms with Crippen molar-refractivity contribution in [2.45, 2.75) is 26.2 Å². The van der Waals surface area contributed by atoms with Crippen molar-refractivity contribution in [3.8, 4) is 11.3 Å². The molecule has 1 atom stereocenters. The van der Waals surface area contributed by atoms with E-state index in [2.05, 4.69) is 29.5 Å². The molecule has 0 radical (unpaired) electrons. The molecule has 1 N–H and O–H groups in total. The van der Waals surface area contributed by atoms with E-state index >= 15 is 0 Å². The molecular weight excluding hydrogens is 331 g/mol. The highest BCUT2D eigenvalue weighted by Gasteiger charge is 2.21. The van der Waals surface area contributed by atoms with Gasteiger partial charge in [0.15, 0.2) is 0 Å². The lowest BCUT2D eigenvalue weighted by Gasteiger charge is -2.12. The van der Waals surface area contributed by atoms with Gasteiger partial charge in [0.1, 0.15) is 22.8 Å². The van der Waals surface area contributed by atoms with Crippen LogP contribution in [0.3, 0.4) is 0 Å². The summed E-state index contributed by atoms with van der Waals surface area (Å²) in [7, 11) is 0. The average molecular weight is 352 g/mol. The molecule has 0 aliphatic heterocycles. The number of halogens is 1. The molecule has 0 fully saturated rings. The molecule has 0 aliphatic rings. The summed E-state index contributed by atoms with van der Waals surface area (Å²) in [4.78, 5) is 12.6. The summed E-state index contributed by atoms with van der Waals surface area (Å²) in [6.45, 7) is 4.37. The maximum absolute atomic E-state index is 13.1. The smallest absolute Gasteiger partial charge is 0.257 e. The minimum absolute atomic E-state index is 0.233. The van der Waals surface area contributed by atoms with E-state index < -0.39 is 0 Å². The van der Waals surface area contributed by atoms with Gasteiger partial charge in [0.2, 0.25) is 0 Å². The number of benzene rings is 2. The van der Waals surface area contributed by atoms with Crippen LogP contribution in [-0.4, -0.2) is 17.6 Å².